The number of nitrogens with one attached hydrogen (secondary N) is 4. The second-order valence-corrected chi connectivity index (χ2v) is 5.71. The average molecular weight is 398 g/mol. The van der Waals surface area contributed by atoms with E-state index < -0.39 is 16.9 Å². The molecular formula is C18H18N6O5. The summed E-state index contributed by atoms with van der Waals surface area (Å²) in [5.74, 6) is -0.744. The van der Waals surface area contributed by atoms with Crippen LogP contribution < -0.4 is 21.4 Å². The molecule has 0 bridgehead atoms. The molecule has 0 fully saturated rings. The van der Waals surface area contributed by atoms with Crippen LogP contribution in [0.5, 0.6) is 0 Å². The zero-order valence-corrected chi connectivity index (χ0v) is 15.3. The van der Waals surface area contributed by atoms with E-state index in [0.29, 0.717) is 11.3 Å². The first-order chi connectivity index (χ1) is 13.8. The van der Waals surface area contributed by atoms with Crippen LogP contribution in [0.1, 0.15) is 12.5 Å². The molecule has 150 valence electrons. The molecule has 0 aliphatic rings. The van der Waals surface area contributed by atoms with Crippen LogP contribution in [0.3, 0.4) is 0 Å². The van der Waals surface area contributed by atoms with E-state index in [2.05, 4.69) is 26.5 Å². The van der Waals surface area contributed by atoms with Crippen molar-refractivity contribution >= 4 is 41.1 Å². The van der Waals surface area contributed by atoms with E-state index in [-0.39, 0.29) is 23.8 Å². The zero-order chi connectivity index (χ0) is 21.2. The number of hydrogen-bond donors (Lipinski definition) is 4. The van der Waals surface area contributed by atoms with Gasteiger partial charge in [0.15, 0.2) is 0 Å². The van der Waals surface area contributed by atoms with E-state index in [4.69, 9.17) is 0 Å². The van der Waals surface area contributed by atoms with Gasteiger partial charge in [-0.25, -0.2) is 10.2 Å². The lowest BCUT2D eigenvalue weighted by Gasteiger charge is -2.06. The Balaban J connectivity index is 1.75. The van der Waals surface area contributed by atoms with Crippen molar-refractivity contribution in [3.63, 3.8) is 0 Å². The minimum atomic E-state index is -0.696. The quantitative estimate of drug-likeness (QED) is 0.318. The summed E-state index contributed by atoms with van der Waals surface area (Å²) in [4.78, 5) is 44.5. The number of hydrogen-bond acceptors (Lipinski definition) is 6. The minimum absolute atomic E-state index is 0.167. The van der Waals surface area contributed by atoms with Gasteiger partial charge >= 0.3 is 6.03 Å². The predicted octanol–water partition coefficient (Wildman–Crippen LogP) is 1.82. The molecule has 0 saturated heterocycles. The molecular weight excluding hydrogens is 380 g/mol. The summed E-state index contributed by atoms with van der Waals surface area (Å²) in [7, 11) is 0. The topological polar surface area (TPSA) is 155 Å². The van der Waals surface area contributed by atoms with Crippen LogP contribution in [0.15, 0.2) is 53.6 Å². The maximum atomic E-state index is 11.8. The van der Waals surface area contributed by atoms with Gasteiger partial charge in [0.1, 0.15) is 6.54 Å². The number of hydrazone groups is 1. The van der Waals surface area contributed by atoms with Gasteiger partial charge in [0, 0.05) is 30.4 Å². The molecule has 0 unspecified atom stereocenters. The lowest BCUT2D eigenvalue weighted by Crippen LogP contribution is -2.37. The van der Waals surface area contributed by atoms with Gasteiger partial charge in [-0.15, -0.1) is 0 Å². The van der Waals surface area contributed by atoms with Crippen LogP contribution in [-0.4, -0.2) is 35.5 Å². The molecule has 4 N–H and O–H groups in total. The van der Waals surface area contributed by atoms with Crippen molar-refractivity contribution in [2.24, 2.45) is 5.10 Å². The van der Waals surface area contributed by atoms with Crippen molar-refractivity contribution in [2.45, 2.75) is 6.92 Å². The molecule has 0 atom stereocenters. The van der Waals surface area contributed by atoms with Crippen molar-refractivity contribution in [2.75, 3.05) is 17.2 Å². The summed E-state index contributed by atoms with van der Waals surface area (Å²) in [6.07, 6.45) is 1.40. The summed E-state index contributed by atoms with van der Waals surface area (Å²) < 4.78 is 0. The molecule has 4 amide bonds. The van der Waals surface area contributed by atoms with Crippen molar-refractivity contribution < 1.29 is 19.3 Å². The average Bonchev–Trinajstić information content (AvgIpc) is 2.67. The second-order valence-electron chi connectivity index (χ2n) is 5.71. The molecule has 29 heavy (non-hydrogen) atoms. The van der Waals surface area contributed by atoms with Crippen molar-refractivity contribution in [1.29, 1.82) is 0 Å². The molecule has 0 saturated carbocycles. The third kappa shape index (κ3) is 7.46. The normalized spacial score (nSPS) is 10.2. The number of nitrogens with zero attached hydrogens (tertiary/aromatic N) is 2. The van der Waals surface area contributed by atoms with Crippen LogP contribution in [0.4, 0.5) is 21.9 Å². The SMILES string of the molecule is CC(=O)Nc1ccc(C=NNC(=O)CNC(=O)Nc2cccc([N+](=O)[O-])c2)cc1. The van der Waals surface area contributed by atoms with Gasteiger partial charge in [-0.1, -0.05) is 18.2 Å². The Hall–Kier alpha value is -4.28. The zero-order valence-electron chi connectivity index (χ0n) is 15.3. The number of carbonyl (C=O) groups is 3. The summed E-state index contributed by atoms with van der Waals surface area (Å²) in [5.41, 5.74) is 3.63. The summed E-state index contributed by atoms with van der Waals surface area (Å²) in [6, 6.07) is 11.5. The fourth-order valence-corrected chi connectivity index (χ4v) is 2.11. The van der Waals surface area contributed by atoms with Crippen molar-refractivity contribution in [3.05, 3.63) is 64.2 Å². The second kappa shape index (κ2) is 10.2. The number of urea groups is 1. The van der Waals surface area contributed by atoms with Crippen LogP contribution in [0.2, 0.25) is 0 Å². The summed E-state index contributed by atoms with van der Waals surface area (Å²) in [5, 5.41) is 21.8. The molecule has 0 radical (unpaired) electrons. The van der Waals surface area contributed by atoms with Gasteiger partial charge in [0.25, 0.3) is 11.6 Å². The number of rotatable bonds is 7. The fourth-order valence-electron chi connectivity index (χ4n) is 2.11. The van der Waals surface area contributed by atoms with Gasteiger partial charge in [0.2, 0.25) is 5.91 Å². The van der Waals surface area contributed by atoms with Gasteiger partial charge in [-0.3, -0.25) is 19.7 Å². The first-order valence-corrected chi connectivity index (χ1v) is 8.32. The highest BCUT2D eigenvalue weighted by Crippen LogP contribution is 2.16. The number of nitro benzene ring substituents is 1. The molecule has 11 nitrogen and oxygen atoms in total. The maximum absolute atomic E-state index is 11.8. The third-order valence-corrected chi connectivity index (χ3v) is 3.36. The fraction of sp³-hybridized carbons (Fsp3) is 0.111. The van der Waals surface area contributed by atoms with Gasteiger partial charge < -0.3 is 16.0 Å². The molecule has 11 heteroatoms. The van der Waals surface area contributed by atoms with Gasteiger partial charge in [0.05, 0.1) is 11.1 Å². The maximum Gasteiger partial charge on any atom is 0.319 e. The number of nitro groups is 1. The molecule has 0 heterocycles. The molecule has 2 rings (SSSR count). The Morgan fingerprint density at radius 3 is 2.45 bits per heavy atom. The Bertz CT molecular complexity index is 942. The number of carbonyl (C=O) groups excluding carboxylic acids is 3. The highest BCUT2D eigenvalue weighted by Gasteiger charge is 2.09. The number of anilines is 2. The van der Waals surface area contributed by atoms with E-state index in [1.54, 1.807) is 24.3 Å². The highest BCUT2D eigenvalue weighted by atomic mass is 16.6. The van der Waals surface area contributed by atoms with Crippen LogP contribution in [0, 0.1) is 10.1 Å². The minimum Gasteiger partial charge on any atom is -0.329 e. The van der Waals surface area contributed by atoms with E-state index >= 15 is 0 Å². The van der Waals surface area contributed by atoms with E-state index in [9.17, 15) is 24.5 Å². The van der Waals surface area contributed by atoms with E-state index in [1.165, 1.54) is 37.4 Å². The van der Waals surface area contributed by atoms with Crippen molar-refractivity contribution in [1.82, 2.24) is 10.7 Å². The molecule has 0 aromatic heterocycles. The van der Waals surface area contributed by atoms with E-state index in [1.807, 2.05) is 0 Å². The summed E-state index contributed by atoms with van der Waals surface area (Å²) >= 11 is 0. The lowest BCUT2D eigenvalue weighted by atomic mass is 10.2. The van der Waals surface area contributed by atoms with Crippen molar-refractivity contribution in [3.8, 4) is 0 Å². The first-order valence-electron chi connectivity index (χ1n) is 8.32. The predicted molar refractivity (Wildman–Crippen MR) is 107 cm³/mol. The third-order valence-electron chi connectivity index (χ3n) is 3.36. The van der Waals surface area contributed by atoms with Gasteiger partial charge in [-0.2, -0.15) is 5.10 Å². The monoisotopic (exact) mass is 398 g/mol. The Labute approximate surface area is 165 Å². The van der Waals surface area contributed by atoms with Crippen LogP contribution in [0.25, 0.3) is 0 Å². The van der Waals surface area contributed by atoms with E-state index in [0.717, 1.165) is 0 Å². The Morgan fingerprint density at radius 2 is 1.79 bits per heavy atom. The molecule has 0 aliphatic carbocycles. The standard InChI is InChI=1S/C18H18N6O5/c1-12(25)21-14-7-5-13(6-8-14)10-20-23-17(26)11-19-18(27)22-15-3-2-4-16(9-15)24(28)29/h2-10H,11H2,1H3,(H,21,25)(H,23,26)(H2,19,22,27). The Kier molecular flexibility index (Phi) is 7.36. The number of amides is 4. The highest BCUT2D eigenvalue weighted by molar-refractivity contribution is 5.93. The first kappa shape index (κ1) is 21.0. The lowest BCUT2D eigenvalue weighted by molar-refractivity contribution is -0.384. The number of benzene rings is 2. The Morgan fingerprint density at radius 1 is 1.07 bits per heavy atom. The molecule has 2 aromatic carbocycles. The smallest absolute Gasteiger partial charge is 0.319 e. The number of non-ortho nitro benzene ring substituents is 1. The van der Waals surface area contributed by atoms with Gasteiger partial charge in [-0.05, 0) is 23.8 Å². The summed E-state index contributed by atoms with van der Waals surface area (Å²) in [6.45, 7) is 1.06. The molecule has 2 aromatic rings. The van der Waals surface area contributed by atoms with Crippen LogP contribution in [-0.2, 0) is 9.59 Å². The largest absolute Gasteiger partial charge is 0.329 e. The molecule has 0 spiro atoms. The molecule has 0 aliphatic heterocycles. The van der Waals surface area contributed by atoms with Crippen LogP contribution >= 0.6 is 0 Å².